The predicted molar refractivity (Wildman–Crippen MR) is 111 cm³/mol. The summed E-state index contributed by atoms with van der Waals surface area (Å²) in [6.45, 7) is 11.1. The fourth-order valence-electron chi connectivity index (χ4n) is 3.67. The molecule has 1 aromatic carbocycles. The predicted octanol–water partition coefficient (Wildman–Crippen LogP) is 4.38. The number of aryl methyl sites for hydroxylation is 3. The summed E-state index contributed by atoms with van der Waals surface area (Å²) in [5.74, 6) is 0.557. The second-order valence-corrected chi connectivity index (χ2v) is 7.30. The van der Waals surface area contributed by atoms with Crippen LogP contribution in [0.25, 0.3) is 16.6 Å². The first-order chi connectivity index (χ1) is 13.5. The molecular weight excluding hydrogens is 355 g/mol. The molecule has 1 fully saturated rings. The second kappa shape index (κ2) is 7.28. The Morgan fingerprint density at radius 3 is 2.71 bits per heavy atom. The Kier molecular flexibility index (Phi) is 4.81. The molecule has 1 aliphatic heterocycles. The number of fused-ring (bicyclic) bond motifs is 1. The van der Waals surface area contributed by atoms with Gasteiger partial charge in [-0.3, -0.25) is 0 Å². The molecule has 0 spiro atoms. The van der Waals surface area contributed by atoms with Crippen molar-refractivity contribution in [3.8, 4) is 0 Å². The number of aromatic nitrogens is 2. The largest absolute Gasteiger partial charge is 0.378 e. The maximum Gasteiger partial charge on any atom is 0.139 e. The van der Waals surface area contributed by atoms with Gasteiger partial charge in [-0.2, -0.15) is 0 Å². The molecule has 0 amide bonds. The minimum absolute atomic E-state index is 0.196. The third kappa shape index (κ3) is 3.24. The molecule has 3 aromatic rings. The van der Waals surface area contributed by atoms with Gasteiger partial charge in [-0.1, -0.05) is 6.58 Å². The number of nitrogens with zero attached hydrogens (tertiary/aromatic N) is 3. The molecular formula is C22H25FN4O. The van der Waals surface area contributed by atoms with Gasteiger partial charge < -0.3 is 19.5 Å². The van der Waals surface area contributed by atoms with Crippen LogP contribution in [0.15, 0.2) is 37.2 Å². The van der Waals surface area contributed by atoms with Crippen LogP contribution in [0.5, 0.6) is 0 Å². The van der Waals surface area contributed by atoms with Crippen molar-refractivity contribution in [1.29, 1.82) is 0 Å². The van der Waals surface area contributed by atoms with E-state index < -0.39 is 0 Å². The lowest BCUT2D eigenvalue weighted by Gasteiger charge is -2.31. The second-order valence-electron chi connectivity index (χ2n) is 7.30. The average Bonchev–Trinajstić information content (AvgIpc) is 3.09. The smallest absolute Gasteiger partial charge is 0.139 e. The van der Waals surface area contributed by atoms with Crippen LogP contribution in [-0.4, -0.2) is 40.8 Å². The highest BCUT2D eigenvalue weighted by molar-refractivity contribution is 5.98. The standard InChI is InChI=1S/C22H25FN4O/c1-14-12-20(15(2)11-19(14)23)25-22-17-5-6-26(4)21(17)18(13-24-22)16(3)27-7-9-28-10-8-27/h5-6,11-13H,3,7-10H2,1-2,4H3,(H,24,25). The number of morpholine rings is 1. The van der Waals surface area contributed by atoms with E-state index in [2.05, 4.69) is 26.3 Å². The summed E-state index contributed by atoms with van der Waals surface area (Å²) in [6, 6.07) is 5.42. The van der Waals surface area contributed by atoms with Gasteiger partial charge in [0.05, 0.1) is 18.7 Å². The van der Waals surface area contributed by atoms with Gasteiger partial charge in [0.15, 0.2) is 0 Å². The van der Waals surface area contributed by atoms with Crippen molar-refractivity contribution >= 4 is 28.1 Å². The number of nitrogens with one attached hydrogen (secondary N) is 1. The summed E-state index contributed by atoms with van der Waals surface area (Å²) in [5.41, 5.74) is 5.36. The van der Waals surface area contributed by atoms with Crippen molar-refractivity contribution in [3.63, 3.8) is 0 Å². The lowest BCUT2D eigenvalue weighted by atomic mass is 10.1. The first-order valence-electron chi connectivity index (χ1n) is 9.45. The molecule has 6 heteroatoms. The first kappa shape index (κ1) is 18.5. The van der Waals surface area contributed by atoms with Crippen molar-refractivity contribution in [1.82, 2.24) is 14.5 Å². The monoisotopic (exact) mass is 380 g/mol. The number of ether oxygens (including phenoxy) is 1. The zero-order chi connectivity index (χ0) is 19.8. The zero-order valence-electron chi connectivity index (χ0n) is 16.6. The van der Waals surface area contributed by atoms with Crippen LogP contribution < -0.4 is 5.32 Å². The number of benzene rings is 1. The van der Waals surface area contributed by atoms with Gasteiger partial charge in [0.25, 0.3) is 0 Å². The third-order valence-electron chi connectivity index (χ3n) is 5.37. The summed E-state index contributed by atoms with van der Waals surface area (Å²) in [5, 5.41) is 4.40. The van der Waals surface area contributed by atoms with E-state index in [9.17, 15) is 4.39 Å². The highest BCUT2D eigenvalue weighted by Gasteiger charge is 2.19. The van der Waals surface area contributed by atoms with Crippen molar-refractivity contribution in [2.24, 2.45) is 7.05 Å². The Hall–Kier alpha value is -2.86. The number of halogens is 1. The van der Waals surface area contributed by atoms with E-state index in [1.54, 1.807) is 13.0 Å². The van der Waals surface area contributed by atoms with Gasteiger partial charge in [0.1, 0.15) is 11.6 Å². The van der Waals surface area contributed by atoms with Gasteiger partial charge in [-0.15, -0.1) is 0 Å². The van der Waals surface area contributed by atoms with Crippen molar-refractivity contribution in [2.75, 3.05) is 31.6 Å². The number of pyridine rings is 1. The lowest BCUT2D eigenvalue weighted by molar-refractivity contribution is 0.0641. The first-order valence-corrected chi connectivity index (χ1v) is 9.45. The summed E-state index contributed by atoms with van der Waals surface area (Å²) in [4.78, 5) is 6.93. The molecule has 1 saturated heterocycles. The summed E-state index contributed by atoms with van der Waals surface area (Å²) < 4.78 is 21.3. The molecule has 5 nitrogen and oxygen atoms in total. The van der Waals surface area contributed by atoms with Gasteiger partial charge in [-0.05, 0) is 43.2 Å². The van der Waals surface area contributed by atoms with E-state index in [1.165, 1.54) is 0 Å². The molecule has 0 radical (unpaired) electrons. The molecule has 0 bridgehead atoms. The van der Waals surface area contributed by atoms with Crippen LogP contribution in [0, 0.1) is 19.7 Å². The number of hydrogen-bond acceptors (Lipinski definition) is 4. The molecule has 1 N–H and O–H groups in total. The van der Waals surface area contributed by atoms with Gasteiger partial charge in [-0.25, -0.2) is 9.37 Å². The average molecular weight is 380 g/mol. The highest BCUT2D eigenvalue weighted by atomic mass is 19.1. The number of rotatable bonds is 4. The topological polar surface area (TPSA) is 42.3 Å². The Balaban J connectivity index is 1.74. The minimum Gasteiger partial charge on any atom is -0.378 e. The zero-order valence-corrected chi connectivity index (χ0v) is 16.6. The SMILES string of the molecule is C=C(c1cnc(Nc2cc(C)c(F)cc2C)c2ccn(C)c12)N1CCOCC1. The van der Waals surface area contributed by atoms with Crippen LogP contribution in [0.2, 0.25) is 0 Å². The van der Waals surface area contributed by atoms with E-state index in [0.717, 1.165) is 52.3 Å². The molecule has 0 saturated carbocycles. The Bertz CT molecular complexity index is 1050. The Morgan fingerprint density at radius 2 is 1.96 bits per heavy atom. The molecule has 1 aliphatic rings. The van der Waals surface area contributed by atoms with Crippen LogP contribution in [0.3, 0.4) is 0 Å². The van der Waals surface area contributed by atoms with Gasteiger partial charge >= 0.3 is 0 Å². The fraction of sp³-hybridized carbons (Fsp3) is 0.318. The van der Waals surface area contributed by atoms with E-state index in [-0.39, 0.29) is 5.82 Å². The lowest BCUT2D eigenvalue weighted by Crippen LogP contribution is -2.34. The maximum absolute atomic E-state index is 13.8. The van der Waals surface area contributed by atoms with Crippen molar-refractivity contribution < 1.29 is 9.13 Å². The van der Waals surface area contributed by atoms with Crippen molar-refractivity contribution in [3.05, 3.63) is 59.7 Å². The van der Waals surface area contributed by atoms with Crippen molar-refractivity contribution in [2.45, 2.75) is 13.8 Å². The van der Waals surface area contributed by atoms with Crippen LogP contribution in [-0.2, 0) is 11.8 Å². The van der Waals surface area contributed by atoms with E-state index in [4.69, 9.17) is 4.74 Å². The molecule has 4 rings (SSSR count). The quantitative estimate of drug-likeness (QED) is 0.730. The fourth-order valence-corrected chi connectivity index (χ4v) is 3.67. The van der Waals surface area contributed by atoms with Crippen LogP contribution in [0.1, 0.15) is 16.7 Å². The van der Waals surface area contributed by atoms with Gasteiger partial charge in [0, 0.05) is 54.9 Å². The molecule has 0 aliphatic carbocycles. The number of hydrogen-bond donors (Lipinski definition) is 1. The van der Waals surface area contributed by atoms with E-state index >= 15 is 0 Å². The molecule has 3 heterocycles. The molecule has 0 unspecified atom stereocenters. The van der Waals surface area contributed by atoms with Crippen LogP contribution in [0.4, 0.5) is 15.9 Å². The summed E-state index contributed by atoms with van der Waals surface area (Å²) in [7, 11) is 2.02. The highest BCUT2D eigenvalue weighted by Crippen LogP contribution is 2.33. The molecule has 146 valence electrons. The number of anilines is 2. The Morgan fingerprint density at radius 1 is 1.21 bits per heavy atom. The van der Waals surface area contributed by atoms with E-state index in [1.807, 2.05) is 38.5 Å². The Labute approximate surface area is 164 Å². The van der Waals surface area contributed by atoms with Crippen LogP contribution >= 0.6 is 0 Å². The molecule has 2 aromatic heterocycles. The minimum atomic E-state index is -0.196. The maximum atomic E-state index is 13.8. The molecule has 28 heavy (non-hydrogen) atoms. The summed E-state index contributed by atoms with van der Waals surface area (Å²) in [6.07, 6.45) is 3.89. The molecule has 0 atom stereocenters. The summed E-state index contributed by atoms with van der Waals surface area (Å²) >= 11 is 0. The third-order valence-corrected chi connectivity index (χ3v) is 5.37. The van der Waals surface area contributed by atoms with E-state index in [0.29, 0.717) is 18.8 Å². The normalized spacial score (nSPS) is 14.5. The van der Waals surface area contributed by atoms with Gasteiger partial charge in [0.2, 0.25) is 0 Å².